The molecule has 4 rings (SSSR count). The van der Waals surface area contributed by atoms with Gasteiger partial charge in [0.1, 0.15) is 6.10 Å². The van der Waals surface area contributed by atoms with Crippen molar-refractivity contribution in [1.82, 2.24) is 0 Å². The van der Waals surface area contributed by atoms with Crippen LogP contribution in [0.2, 0.25) is 0 Å². The first-order valence-corrected chi connectivity index (χ1v) is 11.0. The van der Waals surface area contributed by atoms with Crippen LogP contribution in [0.3, 0.4) is 0 Å². The third-order valence-corrected chi connectivity index (χ3v) is 8.97. The van der Waals surface area contributed by atoms with Crippen LogP contribution >= 0.6 is 0 Å². The van der Waals surface area contributed by atoms with Crippen LogP contribution in [0, 0.1) is 34.5 Å². The summed E-state index contributed by atoms with van der Waals surface area (Å²) in [6.07, 6.45) is 7.54. The van der Waals surface area contributed by atoms with Crippen molar-refractivity contribution < 1.29 is 23.9 Å². The Kier molecular flexibility index (Phi) is 4.86. The number of fused-ring (bicyclic) bond motifs is 5. The molecule has 8 atom stereocenters. The van der Waals surface area contributed by atoms with Crippen LogP contribution in [0.5, 0.6) is 0 Å². The molecule has 0 amide bonds. The van der Waals surface area contributed by atoms with Gasteiger partial charge in [0.25, 0.3) is 0 Å². The number of Topliss-reactive ketones (excluding diaryl/α,β-unsaturated/α-hetero) is 1. The molecule has 0 aliphatic heterocycles. The fraction of sp³-hybridized carbons (Fsp3) is 0.870. The highest BCUT2D eigenvalue weighted by Crippen LogP contribution is 2.65. The van der Waals surface area contributed by atoms with Gasteiger partial charge in [0.15, 0.2) is 11.9 Å². The van der Waals surface area contributed by atoms with Crippen LogP contribution in [-0.4, -0.2) is 29.9 Å². The molecule has 0 N–H and O–H groups in total. The highest BCUT2D eigenvalue weighted by atomic mass is 16.5. The van der Waals surface area contributed by atoms with Crippen LogP contribution in [0.15, 0.2) is 0 Å². The second-order valence-corrected chi connectivity index (χ2v) is 10.3. The molecule has 4 aliphatic rings. The first-order chi connectivity index (χ1) is 13.1. The molecule has 0 radical (unpaired) electrons. The van der Waals surface area contributed by atoms with Gasteiger partial charge in [-0.2, -0.15) is 0 Å². The van der Waals surface area contributed by atoms with Gasteiger partial charge in [-0.25, -0.2) is 0 Å². The van der Waals surface area contributed by atoms with E-state index >= 15 is 0 Å². The molecule has 5 nitrogen and oxygen atoms in total. The summed E-state index contributed by atoms with van der Waals surface area (Å²) in [4.78, 5) is 35.9. The Morgan fingerprint density at radius 2 is 1.61 bits per heavy atom. The standard InChI is InChI=1S/C23H34O5/c1-13(24)27-16-7-9-22(3)15(11-16)5-6-17-18(22)8-10-23(4)19(17)12-20(21(23)26)28-14(2)25/h15-20H,5-12H2,1-4H3/t15-,16+,17+,18-,19-,20+,22-,23-/m0/s1. The SMILES string of the molecule is CC(=O)O[C@@H]1CC[C@@]2(C)[C@@H](CC[C@@H]3[C@@H]2CC[C@]2(C)C(=O)[C@H](OC(C)=O)C[C@@H]32)C1. The van der Waals surface area contributed by atoms with Crippen molar-refractivity contribution in [3.8, 4) is 0 Å². The maximum Gasteiger partial charge on any atom is 0.303 e. The Hall–Kier alpha value is -1.39. The van der Waals surface area contributed by atoms with Crippen LogP contribution in [0.25, 0.3) is 0 Å². The normalized spacial score (nSPS) is 47.5. The summed E-state index contributed by atoms with van der Waals surface area (Å²) in [5.41, 5.74) is -0.0666. The Labute approximate surface area is 167 Å². The highest BCUT2D eigenvalue weighted by molar-refractivity contribution is 5.92. The number of hydrogen-bond acceptors (Lipinski definition) is 5. The molecule has 4 aliphatic carbocycles. The van der Waals surface area contributed by atoms with Gasteiger partial charge in [-0.05, 0) is 80.5 Å². The number of carbonyl (C=O) groups excluding carboxylic acids is 3. The molecular formula is C23H34O5. The van der Waals surface area contributed by atoms with E-state index < -0.39 is 6.10 Å². The zero-order valence-electron chi connectivity index (χ0n) is 17.7. The first-order valence-electron chi connectivity index (χ1n) is 11.0. The van der Waals surface area contributed by atoms with Gasteiger partial charge < -0.3 is 9.47 Å². The Morgan fingerprint density at radius 3 is 2.29 bits per heavy atom. The number of ketones is 1. The summed E-state index contributed by atoms with van der Waals surface area (Å²) in [7, 11) is 0. The fourth-order valence-electron chi connectivity index (χ4n) is 7.63. The van der Waals surface area contributed by atoms with E-state index in [1.807, 2.05) is 0 Å². The molecule has 0 heterocycles. The van der Waals surface area contributed by atoms with E-state index in [0.717, 1.165) is 44.9 Å². The van der Waals surface area contributed by atoms with Gasteiger partial charge in [-0.1, -0.05) is 13.8 Å². The molecule has 0 unspecified atom stereocenters. The molecule has 0 aromatic carbocycles. The van der Waals surface area contributed by atoms with Gasteiger partial charge in [-0.15, -0.1) is 0 Å². The lowest BCUT2D eigenvalue weighted by molar-refractivity contribution is -0.160. The average Bonchev–Trinajstić information content (AvgIpc) is 2.86. The number of esters is 2. The average molecular weight is 391 g/mol. The Balaban J connectivity index is 1.54. The molecule has 0 bridgehead atoms. The van der Waals surface area contributed by atoms with E-state index in [1.54, 1.807) is 0 Å². The molecule has 0 aromatic rings. The third-order valence-electron chi connectivity index (χ3n) is 8.97. The Morgan fingerprint density at radius 1 is 0.893 bits per heavy atom. The maximum absolute atomic E-state index is 13.1. The second-order valence-electron chi connectivity index (χ2n) is 10.3. The first kappa shape index (κ1) is 19.9. The summed E-state index contributed by atoms with van der Waals surface area (Å²) in [5.74, 6) is 1.70. The van der Waals surface area contributed by atoms with E-state index in [2.05, 4.69) is 13.8 Å². The monoisotopic (exact) mass is 390 g/mol. The molecular weight excluding hydrogens is 356 g/mol. The van der Waals surface area contributed by atoms with Gasteiger partial charge in [0, 0.05) is 19.3 Å². The smallest absolute Gasteiger partial charge is 0.303 e. The minimum Gasteiger partial charge on any atom is -0.463 e. The van der Waals surface area contributed by atoms with Gasteiger partial charge in [-0.3, -0.25) is 14.4 Å². The van der Waals surface area contributed by atoms with Crippen LogP contribution in [-0.2, 0) is 23.9 Å². The van der Waals surface area contributed by atoms with Crippen molar-refractivity contribution >= 4 is 17.7 Å². The predicted molar refractivity (Wildman–Crippen MR) is 103 cm³/mol. The molecule has 0 aromatic heterocycles. The third kappa shape index (κ3) is 3.00. The zero-order valence-corrected chi connectivity index (χ0v) is 17.7. The number of carbonyl (C=O) groups is 3. The molecule has 0 spiro atoms. The molecule has 156 valence electrons. The minimum absolute atomic E-state index is 0.0717. The van der Waals surface area contributed by atoms with Crippen molar-refractivity contribution in [3.63, 3.8) is 0 Å². The zero-order chi connectivity index (χ0) is 20.3. The van der Waals surface area contributed by atoms with Gasteiger partial charge >= 0.3 is 11.9 Å². The van der Waals surface area contributed by atoms with Crippen molar-refractivity contribution in [2.24, 2.45) is 34.5 Å². The Bertz CT molecular complexity index is 686. The summed E-state index contributed by atoms with van der Waals surface area (Å²) < 4.78 is 10.9. The second kappa shape index (κ2) is 6.84. The molecule has 28 heavy (non-hydrogen) atoms. The lowest BCUT2D eigenvalue weighted by Crippen LogP contribution is -2.54. The predicted octanol–water partition coefficient (Wildman–Crippen LogP) is 4.07. The van der Waals surface area contributed by atoms with Crippen LogP contribution in [0.4, 0.5) is 0 Å². The molecule has 4 fully saturated rings. The van der Waals surface area contributed by atoms with Crippen LogP contribution < -0.4 is 0 Å². The number of hydrogen-bond donors (Lipinski definition) is 0. The summed E-state index contributed by atoms with van der Waals surface area (Å²) in [6.45, 7) is 7.46. The van der Waals surface area contributed by atoms with Crippen molar-refractivity contribution in [2.45, 2.75) is 91.3 Å². The molecule has 5 heteroatoms. The van der Waals surface area contributed by atoms with E-state index in [9.17, 15) is 14.4 Å². The quantitative estimate of drug-likeness (QED) is 0.665. The summed E-state index contributed by atoms with van der Waals surface area (Å²) in [6, 6.07) is 0. The topological polar surface area (TPSA) is 69.7 Å². The molecule has 0 saturated heterocycles. The van der Waals surface area contributed by atoms with Crippen molar-refractivity contribution in [2.75, 3.05) is 0 Å². The van der Waals surface area contributed by atoms with E-state index in [1.165, 1.54) is 13.8 Å². The largest absolute Gasteiger partial charge is 0.463 e. The van der Waals surface area contributed by atoms with Crippen molar-refractivity contribution in [3.05, 3.63) is 0 Å². The highest BCUT2D eigenvalue weighted by Gasteiger charge is 2.63. The van der Waals surface area contributed by atoms with Gasteiger partial charge in [0.2, 0.25) is 0 Å². The van der Waals surface area contributed by atoms with Crippen LogP contribution in [0.1, 0.15) is 79.1 Å². The molecule has 4 saturated carbocycles. The number of rotatable bonds is 2. The lowest BCUT2D eigenvalue weighted by Gasteiger charge is -2.60. The minimum atomic E-state index is -0.545. The van der Waals surface area contributed by atoms with E-state index in [0.29, 0.717) is 30.1 Å². The maximum atomic E-state index is 13.1. The number of ether oxygens (including phenoxy) is 2. The fourth-order valence-corrected chi connectivity index (χ4v) is 7.63. The van der Waals surface area contributed by atoms with Crippen molar-refractivity contribution in [1.29, 1.82) is 0 Å². The van der Waals surface area contributed by atoms with E-state index in [-0.39, 0.29) is 34.7 Å². The summed E-state index contributed by atoms with van der Waals surface area (Å²) >= 11 is 0. The summed E-state index contributed by atoms with van der Waals surface area (Å²) in [5, 5.41) is 0. The van der Waals surface area contributed by atoms with E-state index in [4.69, 9.17) is 9.47 Å². The van der Waals surface area contributed by atoms with Gasteiger partial charge in [0.05, 0.1) is 0 Å². The lowest BCUT2D eigenvalue weighted by atomic mass is 9.45.